The van der Waals surface area contributed by atoms with Crippen molar-refractivity contribution in [3.05, 3.63) is 15.1 Å². The van der Waals surface area contributed by atoms with E-state index in [-0.39, 0.29) is 0 Å². The van der Waals surface area contributed by atoms with Crippen molar-refractivity contribution in [2.45, 2.75) is 38.5 Å². The fourth-order valence-electron chi connectivity index (χ4n) is 2.07. The van der Waals surface area contributed by atoms with Crippen LogP contribution in [0.4, 0.5) is 5.82 Å². The molecule has 1 aromatic rings. The first-order chi connectivity index (χ1) is 6.68. The Labute approximate surface area is 97.7 Å². The summed E-state index contributed by atoms with van der Waals surface area (Å²) in [5.41, 5.74) is 7.00. The summed E-state index contributed by atoms with van der Waals surface area (Å²) in [6.07, 6.45) is 5.16. The van der Waals surface area contributed by atoms with Crippen molar-refractivity contribution in [3.8, 4) is 0 Å². The predicted octanol–water partition coefficient (Wildman–Crippen LogP) is 2.63. The predicted molar refractivity (Wildman–Crippen MR) is 65.1 cm³/mol. The van der Waals surface area contributed by atoms with Crippen LogP contribution in [0.5, 0.6) is 0 Å². The molecule has 0 bridgehead atoms. The van der Waals surface area contributed by atoms with Gasteiger partial charge < -0.3 is 5.73 Å². The van der Waals surface area contributed by atoms with E-state index in [1.807, 2.05) is 6.92 Å². The second-order valence-corrected chi connectivity index (χ2v) is 4.92. The smallest absolute Gasteiger partial charge is 0.140 e. The summed E-state index contributed by atoms with van der Waals surface area (Å²) in [4.78, 5) is 8.68. The minimum Gasteiger partial charge on any atom is -0.383 e. The first kappa shape index (κ1) is 10.1. The Morgan fingerprint density at radius 3 is 2.57 bits per heavy atom. The summed E-state index contributed by atoms with van der Waals surface area (Å²) in [6.45, 7) is 1.91. The Kier molecular flexibility index (Phi) is 2.90. The molecule has 1 aliphatic carbocycles. The average Bonchev–Trinajstić information content (AvgIpc) is 2.63. The van der Waals surface area contributed by atoms with E-state index in [4.69, 9.17) is 5.73 Å². The number of hydrogen-bond acceptors (Lipinski definition) is 3. The van der Waals surface area contributed by atoms with Crippen LogP contribution in [0.2, 0.25) is 0 Å². The molecule has 0 saturated heterocycles. The third-order valence-electron chi connectivity index (χ3n) is 2.76. The quantitative estimate of drug-likeness (QED) is 0.811. The summed E-state index contributed by atoms with van der Waals surface area (Å²) < 4.78 is 1.06. The Morgan fingerprint density at radius 2 is 1.93 bits per heavy atom. The van der Waals surface area contributed by atoms with E-state index in [0.29, 0.717) is 11.7 Å². The normalized spacial score (nSPS) is 17.6. The van der Waals surface area contributed by atoms with Gasteiger partial charge in [-0.15, -0.1) is 0 Å². The number of nitrogen functional groups attached to an aromatic ring is 1. The van der Waals surface area contributed by atoms with Crippen LogP contribution in [0, 0.1) is 10.5 Å². The van der Waals surface area contributed by atoms with Crippen molar-refractivity contribution < 1.29 is 0 Å². The van der Waals surface area contributed by atoms with Crippen LogP contribution in [-0.4, -0.2) is 9.97 Å². The largest absolute Gasteiger partial charge is 0.383 e. The van der Waals surface area contributed by atoms with Crippen molar-refractivity contribution in [2.24, 2.45) is 0 Å². The molecule has 1 fully saturated rings. The van der Waals surface area contributed by atoms with Gasteiger partial charge in [0.05, 0.1) is 9.26 Å². The van der Waals surface area contributed by atoms with Gasteiger partial charge in [0, 0.05) is 5.92 Å². The molecule has 1 saturated carbocycles. The van der Waals surface area contributed by atoms with E-state index in [1.54, 1.807) is 0 Å². The van der Waals surface area contributed by atoms with Crippen LogP contribution in [0.3, 0.4) is 0 Å². The molecule has 4 heteroatoms. The lowest BCUT2D eigenvalue weighted by Gasteiger charge is -2.12. The minimum absolute atomic E-state index is 0.617. The van der Waals surface area contributed by atoms with Gasteiger partial charge in [0.2, 0.25) is 0 Å². The molecule has 0 unspecified atom stereocenters. The number of anilines is 1. The van der Waals surface area contributed by atoms with Crippen LogP contribution < -0.4 is 5.73 Å². The lowest BCUT2D eigenvalue weighted by molar-refractivity contribution is 0.685. The molecule has 3 nitrogen and oxygen atoms in total. The highest BCUT2D eigenvalue weighted by atomic mass is 127. The highest BCUT2D eigenvalue weighted by Gasteiger charge is 2.22. The van der Waals surface area contributed by atoms with Gasteiger partial charge in [-0.3, -0.25) is 0 Å². The molecule has 0 radical (unpaired) electrons. The third-order valence-corrected chi connectivity index (χ3v) is 3.86. The zero-order valence-corrected chi connectivity index (χ0v) is 10.4. The van der Waals surface area contributed by atoms with E-state index >= 15 is 0 Å². The maximum atomic E-state index is 5.83. The lowest BCUT2D eigenvalue weighted by atomic mass is 10.0. The van der Waals surface area contributed by atoms with E-state index in [1.165, 1.54) is 31.4 Å². The summed E-state index contributed by atoms with van der Waals surface area (Å²) in [6, 6.07) is 0. The van der Waals surface area contributed by atoms with E-state index < -0.39 is 0 Å². The summed E-state index contributed by atoms with van der Waals surface area (Å²) in [5.74, 6) is 2.05. The molecule has 0 aliphatic heterocycles. The fourth-order valence-corrected chi connectivity index (χ4v) is 2.75. The van der Waals surface area contributed by atoms with Gasteiger partial charge in [0.25, 0.3) is 0 Å². The van der Waals surface area contributed by atoms with Gasteiger partial charge in [-0.05, 0) is 42.4 Å². The standard InChI is InChI=1S/C10H14IN3/c1-6-13-9(7-4-2-3-5-7)8(11)10(12)14-6/h7H,2-5H2,1H3,(H2,12,13,14). The number of nitrogens with zero attached hydrogens (tertiary/aromatic N) is 2. The maximum Gasteiger partial charge on any atom is 0.140 e. The molecule has 0 aromatic carbocycles. The number of hydrogen-bond donors (Lipinski definition) is 1. The molecule has 2 rings (SSSR count). The average molecular weight is 303 g/mol. The maximum absolute atomic E-state index is 5.83. The molecule has 1 heterocycles. The van der Waals surface area contributed by atoms with E-state index in [2.05, 4.69) is 32.6 Å². The number of aromatic nitrogens is 2. The van der Waals surface area contributed by atoms with Crippen molar-refractivity contribution in [2.75, 3.05) is 5.73 Å². The highest BCUT2D eigenvalue weighted by Crippen LogP contribution is 2.36. The highest BCUT2D eigenvalue weighted by molar-refractivity contribution is 14.1. The molecule has 1 aromatic heterocycles. The van der Waals surface area contributed by atoms with Crippen molar-refractivity contribution >= 4 is 28.4 Å². The number of rotatable bonds is 1. The Hall–Kier alpha value is -0.390. The Morgan fingerprint density at radius 1 is 1.29 bits per heavy atom. The van der Waals surface area contributed by atoms with Gasteiger partial charge in [0.1, 0.15) is 11.6 Å². The molecular weight excluding hydrogens is 289 g/mol. The SMILES string of the molecule is Cc1nc(N)c(I)c(C2CCCC2)n1. The molecule has 0 atom stereocenters. The van der Waals surface area contributed by atoms with Crippen LogP contribution in [-0.2, 0) is 0 Å². The van der Waals surface area contributed by atoms with Gasteiger partial charge in [-0.25, -0.2) is 9.97 Å². The number of nitrogens with two attached hydrogens (primary N) is 1. The van der Waals surface area contributed by atoms with Crippen LogP contribution >= 0.6 is 22.6 Å². The Bertz CT molecular complexity index is 345. The molecule has 0 spiro atoms. The zero-order chi connectivity index (χ0) is 10.1. The topological polar surface area (TPSA) is 51.8 Å². The molecule has 76 valence electrons. The summed E-state index contributed by atoms with van der Waals surface area (Å²) in [5, 5.41) is 0. The molecule has 0 amide bonds. The van der Waals surface area contributed by atoms with Gasteiger partial charge in [-0.1, -0.05) is 12.8 Å². The number of halogens is 1. The second-order valence-electron chi connectivity index (χ2n) is 3.84. The second kappa shape index (κ2) is 4.00. The summed E-state index contributed by atoms with van der Waals surface area (Å²) in [7, 11) is 0. The van der Waals surface area contributed by atoms with Crippen molar-refractivity contribution in [1.29, 1.82) is 0 Å². The van der Waals surface area contributed by atoms with Crippen LogP contribution in [0.1, 0.15) is 43.1 Å². The van der Waals surface area contributed by atoms with Crippen molar-refractivity contribution in [1.82, 2.24) is 9.97 Å². The lowest BCUT2D eigenvalue weighted by Crippen LogP contribution is -2.07. The first-order valence-electron chi connectivity index (χ1n) is 4.98. The van der Waals surface area contributed by atoms with Gasteiger partial charge >= 0.3 is 0 Å². The summed E-state index contributed by atoms with van der Waals surface area (Å²) >= 11 is 2.26. The minimum atomic E-state index is 0.617. The van der Waals surface area contributed by atoms with Crippen LogP contribution in [0.25, 0.3) is 0 Å². The molecule has 2 N–H and O–H groups in total. The van der Waals surface area contributed by atoms with E-state index in [0.717, 1.165) is 9.39 Å². The van der Waals surface area contributed by atoms with Gasteiger partial charge in [-0.2, -0.15) is 0 Å². The zero-order valence-electron chi connectivity index (χ0n) is 8.26. The third kappa shape index (κ3) is 1.85. The van der Waals surface area contributed by atoms with Crippen LogP contribution in [0.15, 0.2) is 0 Å². The fraction of sp³-hybridized carbons (Fsp3) is 0.600. The number of aryl methyl sites for hydroxylation is 1. The Balaban J connectivity index is 2.40. The first-order valence-corrected chi connectivity index (χ1v) is 6.06. The monoisotopic (exact) mass is 303 g/mol. The molecule has 14 heavy (non-hydrogen) atoms. The molecular formula is C10H14IN3. The molecule has 1 aliphatic rings. The van der Waals surface area contributed by atoms with Crippen molar-refractivity contribution in [3.63, 3.8) is 0 Å². The van der Waals surface area contributed by atoms with E-state index in [9.17, 15) is 0 Å². The van der Waals surface area contributed by atoms with Gasteiger partial charge in [0.15, 0.2) is 0 Å².